The fourth-order valence-electron chi connectivity index (χ4n) is 2.84. The number of furan rings is 1. The molecule has 5 heteroatoms. The van der Waals surface area contributed by atoms with Crippen LogP contribution in [0.25, 0.3) is 44.8 Å². The second-order valence-corrected chi connectivity index (χ2v) is 5.41. The third kappa shape index (κ3) is 1.87. The summed E-state index contributed by atoms with van der Waals surface area (Å²) in [6.45, 7) is 0. The minimum absolute atomic E-state index is 0.749. The highest BCUT2D eigenvalue weighted by molar-refractivity contribution is 5.87. The fourth-order valence-corrected chi connectivity index (χ4v) is 2.84. The highest BCUT2D eigenvalue weighted by Gasteiger charge is 2.16. The number of fused-ring (bicyclic) bond motifs is 2. The van der Waals surface area contributed by atoms with E-state index < -0.39 is 0 Å². The molecular formula is C18H12N4O. The molecule has 0 aliphatic rings. The van der Waals surface area contributed by atoms with E-state index >= 15 is 0 Å². The number of hydrogen-bond donors (Lipinski definition) is 2. The quantitative estimate of drug-likeness (QED) is 0.508. The monoisotopic (exact) mass is 300 g/mol. The number of para-hydroxylation sites is 3. The fraction of sp³-hybridized carbons (Fsp3) is 0. The van der Waals surface area contributed by atoms with E-state index in [4.69, 9.17) is 4.42 Å². The Hall–Kier alpha value is -3.34. The molecule has 110 valence electrons. The Morgan fingerprint density at radius 1 is 0.957 bits per heavy atom. The lowest BCUT2D eigenvalue weighted by molar-refractivity contribution is 0.628. The van der Waals surface area contributed by atoms with Crippen LogP contribution in [0, 0.1) is 0 Å². The molecule has 0 saturated carbocycles. The van der Waals surface area contributed by atoms with E-state index in [-0.39, 0.29) is 0 Å². The third-order valence-corrected chi connectivity index (χ3v) is 3.96. The Labute approximate surface area is 131 Å². The predicted octanol–water partition coefficient (Wildman–Crippen LogP) is 4.37. The van der Waals surface area contributed by atoms with E-state index in [0.29, 0.717) is 0 Å². The van der Waals surface area contributed by atoms with Crippen LogP contribution < -0.4 is 0 Å². The molecule has 3 aromatic heterocycles. The molecule has 0 aliphatic carbocycles. The van der Waals surface area contributed by atoms with Crippen molar-refractivity contribution in [1.82, 2.24) is 20.2 Å². The maximum absolute atomic E-state index is 5.94. The molecule has 5 rings (SSSR count). The van der Waals surface area contributed by atoms with Crippen molar-refractivity contribution in [3.63, 3.8) is 0 Å². The number of nitrogens with one attached hydrogen (secondary N) is 2. The van der Waals surface area contributed by atoms with Crippen LogP contribution in [0.4, 0.5) is 0 Å². The van der Waals surface area contributed by atoms with Crippen molar-refractivity contribution in [3.8, 4) is 22.8 Å². The number of aromatic amines is 2. The Morgan fingerprint density at radius 2 is 1.83 bits per heavy atom. The zero-order valence-corrected chi connectivity index (χ0v) is 12.1. The van der Waals surface area contributed by atoms with Crippen molar-refractivity contribution in [2.45, 2.75) is 0 Å². The maximum atomic E-state index is 5.94. The van der Waals surface area contributed by atoms with Gasteiger partial charge in [-0.3, -0.25) is 5.10 Å². The summed E-state index contributed by atoms with van der Waals surface area (Å²) in [5, 5.41) is 8.25. The van der Waals surface area contributed by atoms with Crippen LogP contribution in [0.15, 0.2) is 65.2 Å². The summed E-state index contributed by atoms with van der Waals surface area (Å²) in [4.78, 5) is 7.97. The van der Waals surface area contributed by atoms with Crippen LogP contribution in [0.5, 0.6) is 0 Å². The van der Waals surface area contributed by atoms with Crippen molar-refractivity contribution < 1.29 is 4.42 Å². The van der Waals surface area contributed by atoms with Gasteiger partial charge >= 0.3 is 0 Å². The zero-order valence-electron chi connectivity index (χ0n) is 12.1. The first-order valence-corrected chi connectivity index (χ1v) is 7.36. The number of imidazole rings is 1. The van der Waals surface area contributed by atoms with Crippen molar-refractivity contribution in [3.05, 3.63) is 60.8 Å². The van der Waals surface area contributed by atoms with Gasteiger partial charge in [-0.1, -0.05) is 30.3 Å². The van der Waals surface area contributed by atoms with Gasteiger partial charge in [0.25, 0.3) is 0 Å². The smallest absolute Gasteiger partial charge is 0.153 e. The van der Waals surface area contributed by atoms with E-state index in [0.717, 1.165) is 44.8 Å². The Morgan fingerprint density at radius 3 is 2.74 bits per heavy atom. The van der Waals surface area contributed by atoms with Gasteiger partial charge in [0.1, 0.15) is 17.1 Å². The highest BCUT2D eigenvalue weighted by Crippen LogP contribution is 2.33. The number of rotatable bonds is 2. The largest absolute Gasteiger partial charge is 0.454 e. The summed E-state index contributed by atoms with van der Waals surface area (Å²) >= 11 is 0. The second-order valence-electron chi connectivity index (χ2n) is 5.41. The van der Waals surface area contributed by atoms with E-state index in [1.165, 1.54) is 0 Å². The van der Waals surface area contributed by atoms with Crippen molar-refractivity contribution >= 4 is 22.0 Å². The lowest BCUT2D eigenvalue weighted by Crippen LogP contribution is -1.82. The molecule has 0 amide bonds. The van der Waals surface area contributed by atoms with Gasteiger partial charge in [0.05, 0.1) is 22.8 Å². The number of hydrogen-bond acceptors (Lipinski definition) is 3. The van der Waals surface area contributed by atoms with Crippen LogP contribution in [0.2, 0.25) is 0 Å². The number of benzene rings is 2. The first-order valence-electron chi connectivity index (χ1n) is 7.36. The molecule has 5 nitrogen and oxygen atoms in total. The first-order chi connectivity index (χ1) is 11.4. The minimum Gasteiger partial charge on any atom is -0.454 e. The topological polar surface area (TPSA) is 70.5 Å². The van der Waals surface area contributed by atoms with Crippen LogP contribution in [-0.4, -0.2) is 20.2 Å². The Balaban J connectivity index is 1.69. The van der Waals surface area contributed by atoms with Gasteiger partial charge in [0.2, 0.25) is 0 Å². The van der Waals surface area contributed by atoms with Crippen LogP contribution >= 0.6 is 0 Å². The maximum Gasteiger partial charge on any atom is 0.153 e. The molecule has 0 aliphatic heterocycles. The molecule has 23 heavy (non-hydrogen) atoms. The Kier molecular flexibility index (Phi) is 2.43. The summed E-state index contributed by atoms with van der Waals surface area (Å²) in [6.07, 6.45) is 1.76. The summed E-state index contributed by atoms with van der Waals surface area (Å²) in [5.41, 5.74) is 4.49. The van der Waals surface area contributed by atoms with Gasteiger partial charge in [0.15, 0.2) is 5.76 Å². The summed E-state index contributed by atoms with van der Waals surface area (Å²) in [5.74, 6) is 1.52. The molecule has 3 heterocycles. The Bertz CT molecular complexity index is 978. The second kappa shape index (κ2) is 4.58. The first kappa shape index (κ1) is 12.2. The van der Waals surface area contributed by atoms with Gasteiger partial charge in [0, 0.05) is 5.39 Å². The van der Waals surface area contributed by atoms with Crippen LogP contribution in [0.1, 0.15) is 0 Å². The van der Waals surface area contributed by atoms with E-state index in [1.54, 1.807) is 6.20 Å². The van der Waals surface area contributed by atoms with Gasteiger partial charge in [-0.05, 0) is 24.3 Å². The van der Waals surface area contributed by atoms with Crippen molar-refractivity contribution in [1.29, 1.82) is 0 Å². The molecule has 0 saturated heterocycles. The van der Waals surface area contributed by atoms with Gasteiger partial charge in [-0.15, -0.1) is 0 Å². The number of H-pyrrole nitrogens is 2. The molecule has 0 radical (unpaired) electrons. The normalized spacial score (nSPS) is 11.5. The molecule has 5 aromatic rings. The number of nitrogens with zero attached hydrogens (tertiary/aromatic N) is 2. The molecule has 2 aromatic carbocycles. The molecule has 2 N–H and O–H groups in total. The summed E-state index contributed by atoms with van der Waals surface area (Å²) < 4.78 is 5.94. The average Bonchev–Trinajstić information content (AvgIpc) is 3.30. The molecule has 0 spiro atoms. The lowest BCUT2D eigenvalue weighted by Gasteiger charge is -1.96. The van der Waals surface area contributed by atoms with Gasteiger partial charge in [-0.25, -0.2) is 4.98 Å². The summed E-state index contributed by atoms with van der Waals surface area (Å²) in [7, 11) is 0. The van der Waals surface area contributed by atoms with Crippen LogP contribution in [-0.2, 0) is 0 Å². The van der Waals surface area contributed by atoms with Gasteiger partial charge < -0.3 is 9.40 Å². The van der Waals surface area contributed by atoms with E-state index in [1.807, 2.05) is 54.6 Å². The molecule has 0 atom stereocenters. The minimum atomic E-state index is 0.749. The predicted molar refractivity (Wildman–Crippen MR) is 88.9 cm³/mol. The zero-order chi connectivity index (χ0) is 15.2. The molecule has 0 fully saturated rings. The van der Waals surface area contributed by atoms with E-state index in [9.17, 15) is 0 Å². The van der Waals surface area contributed by atoms with Crippen molar-refractivity contribution in [2.75, 3.05) is 0 Å². The molecule has 0 bridgehead atoms. The average molecular weight is 300 g/mol. The standard InChI is InChI=1S/C18H12N4O/c1-4-8-15-11(5-1)9-16(23-15)17-12(10-19-22-17)18-20-13-6-2-3-7-14(13)21-18/h1-10H,(H,19,22)(H,20,21). The lowest BCUT2D eigenvalue weighted by atomic mass is 10.2. The van der Waals surface area contributed by atoms with E-state index in [2.05, 4.69) is 20.2 Å². The van der Waals surface area contributed by atoms with Crippen molar-refractivity contribution in [2.24, 2.45) is 0 Å². The van der Waals surface area contributed by atoms with Gasteiger partial charge in [-0.2, -0.15) is 5.10 Å². The molecular weight excluding hydrogens is 288 g/mol. The SMILES string of the molecule is c1ccc2oc(-c3[nH]ncc3-c3nc4ccccc4[nH]3)cc2c1. The number of aromatic nitrogens is 4. The highest BCUT2D eigenvalue weighted by atomic mass is 16.3. The summed E-state index contributed by atoms with van der Waals surface area (Å²) in [6, 6.07) is 17.9. The third-order valence-electron chi connectivity index (χ3n) is 3.96. The molecule has 0 unspecified atom stereocenters. The van der Waals surface area contributed by atoms with Crippen LogP contribution in [0.3, 0.4) is 0 Å².